The van der Waals surface area contributed by atoms with Crippen molar-refractivity contribution in [2.75, 3.05) is 34.4 Å². The average molecular weight is 254 g/mol. The van der Waals surface area contributed by atoms with Gasteiger partial charge in [-0.2, -0.15) is 0 Å². The molecule has 0 aromatic carbocycles. The average Bonchev–Trinajstić information content (AvgIpc) is 2.81. The monoisotopic (exact) mass is 254 g/mol. The van der Waals surface area contributed by atoms with Crippen LogP contribution >= 0.6 is 0 Å². The standard InChI is InChI=1S/C12H22N4O2/c1-10(12(17)15(2)3)16-9-14-8-11(16)7-13-5-6-18-4/h8-10,13H,5-7H2,1-4H3. The first-order chi connectivity index (χ1) is 8.57. The highest BCUT2D eigenvalue weighted by atomic mass is 16.5. The number of hydrogen-bond acceptors (Lipinski definition) is 4. The molecule has 1 N–H and O–H groups in total. The van der Waals surface area contributed by atoms with Gasteiger partial charge in [-0.1, -0.05) is 0 Å². The van der Waals surface area contributed by atoms with Gasteiger partial charge in [-0.25, -0.2) is 4.98 Å². The van der Waals surface area contributed by atoms with Crippen molar-refractivity contribution in [3.8, 4) is 0 Å². The molecule has 0 fully saturated rings. The number of hydrogen-bond donors (Lipinski definition) is 1. The van der Waals surface area contributed by atoms with Gasteiger partial charge in [0.1, 0.15) is 6.04 Å². The zero-order chi connectivity index (χ0) is 13.5. The van der Waals surface area contributed by atoms with Gasteiger partial charge in [0.05, 0.1) is 18.6 Å². The van der Waals surface area contributed by atoms with Crippen LogP contribution < -0.4 is 5.32 Å². The molecule has 1 heterocycles. The van der Waals surface area contributed by atoms with E-state index in [4.69, 9.17) is 4.74 Å². The maximum atomic E-state index is 11.9. The molecule has 1 atom stereocenters. The van der Waals surface area contributed by atoms with Crippen molar-refractivity contribution < 1.29 is 9.53 Å². The fourth-order valence-corrected chi connectivity index (χ4v) is 1.70. The second-order valence-electron chi connectivity index (χ2n) is 4.37. The SMILES string of the molecule is COCCNCc1cncn1C(C)C(=O)N(C)C. The molecule has 0 radical (unpaired) electrons. The minimum atomic E-state index is -0.235. The zero-order valence-corrected chi connectivity index (χ0v) is 11.5. The molecule has 6 nitrogen and oxygen atoms in total. The molecule has 1 rings (SSSR count). The Morgan fingerprint density at radius 1 is 1.61 bits per heavy atom. The molecule has 0 bridgehead atoms. The first-order valence-corrected chi connectivity index (χ1v) is 5.99. The second kappa shape index (κ2) is 7.13. The Kier molecular flexibility index (Phi) is 5.80. The molecular weight excluding hydrogens is 232 g/mol. The van der Waals surface area contributed by atoms with E-state index in [1.165, 1.54) is 0 Å². The molecule has 1 aromatic heterocycles. The maximum Gasteiger partial charge on any atom is 0.244 e. The summed E-state index contributed by atoms with van der Waals surface area (Å²) >= 11 is 0. The molecule has 0 aliphatic carbocycles. The van der Waals surface area contributed by atoms with Crippen molar-refractivity contribution in [3.05, 3.63) is 18.2 Å². The van der Waals surface area contributed by atoms with Gasteiger partial charge < -0.3 is 19.5 Å². The number of amides is 1. The van der Waals surface area contributed by atoms with E-state index in [-0.39, 0.29) is 11.9 Å². The van der Waals surface area contributed by atoms with Crippen molar-refractivity contribution in [2.24, 2.45) is 0 Å². The van der Waals surface area contributed by atoms with Crippen LogP contribution in [0.25, 0.3) is 0 Å². The van der Waals surface area contributed by atoms with Crippen molar-refractivity contribution in [2.45, 2.75) is 19.5 Å². The summed E-state index contributed by atoms with van der Waals surface area (Å²) in [5.74, 6) is 0.0612. The van der Waals surface area contributed by atoms with Crippen LogP contribution in [0.3, 0.4) is 0 Å². The largest absolute Gasteiger partial charge is 0.383 e. The summed E-state index contributed by atoms with van der Waals surface area (Å²) in [7, 11) is 5.18. The Morgan fingerprint density at radius 2 is 2.33 bits per heavy atom. The molecular formula is C12H22N4O2. The Balaban J connectivity index is 2.61. The van der Waals surface area contributed by atoms with Gasteiger partial charge in [0.2, 0.25) is 5.91 Å². The summed E-state index contributed by atoms with van der Waals surface area (Å²) < 4.78 is 6.85. The number of ether oxygens (including phenoxy) is 1. The maximum absolute atomic E-state index is 11.9. The van der Waals surface area contributed by atoms with Crippen LogP contribution in [0.4, 0.5) is 0 Å². The highest BCUT2D eigenvalue weighted by Gasteiger charge is 2.18. The van der Waals surface area contributed by atoms with E-state index in [0.29, 0.717) is 13.2 Å². The third-order valence-electron chi connectivity index (χ3n) is 2.75. The fraction of sp³-hybridized carbons (Fsp3) is 0.667. The van der Waals surface area contributed by atoms with Crippen LogP contribution in [0.2, 0.25) is 0 Å². The van der Waals surface area contributed by atoms with Gasteiger partial charge in [0.15, 0.2) is 0 Å². The molecule has 6 heteroatoms. The summed E-state index contributed by atoms with van der Waals surface area (Å²) in [6.07, 6.45) is 3.47. The van der Waals surface area contributed by atoms with Crippen LogP contribution in [0.5, 0.6) is 0 Å². The summed E-state index contributed by atoms with van der Waals surface area (Å²) in [5.41, 5.74) is 0.994. The van der Waals surface area contributed by atoms with Gasteiger partial charge in [0.25, 0.3) is 0 Å². The van der Waals surface area contributed by atoms with Crippen LogP contribution in [-0.4, -0.2) is 54.7 Å². The predicted octanol–water partition coefficient (Wildman–Crippen LogP) is 0.268. The predicted molar refractivity (Wildman–Crippen MR) is 69.2 cm³/mol. The highest BCUT2D eigenvalue weighted by Crippen LogP contribution is 2.11. The fourth-order valence-electron chi connectivity index (χ4n) is 1.70. The normalized spacial score (nSPS) is 12.4. The van der Waals surface area contributed by atoms with E-state index in [0.717, 1.165) is 12.2 Å². The van der Waals surface area contributed by atoms with E-state index in [2.05, 4.69) is 10.3 Å². The highest BCUT2D eigenvalue weighted by molar-refractivity contribution is 5.79. The number of methoxy groups -OCH3 is 1. The molecule has 0 saturated carbocycles. The minimum absolute atomic E-state index is 0.0612. The van der Waals surface area contributed by atoms with Crippen LogP contribution in [0, 0.1) is 0 Å². The summed E-state index contributed by atoms with van der Waals surface area (Å²) in [6, 6.07) is -0.235. The molecule has 0 saturated heterocycles. The van der Waals surface area contributed by atoms with Crippen molar-refractivity contribution in [1.82, 2.24) is 19.8 Å². The van der Waals surface area contributed by atoms with E-state index >= 15 is 0 Å². The van der Waals surface area contributed by atoms with E-state index in [9.17, 15) is 4.79 Å². The number of aromatic nitrogens is 2. The van der Waals surface area contributed by atoms with E-state index in [1.54, 1.807) is 38.6 Å². The molecule has 0 aliphatic rings. The van der Waals surface area contributed by atoms with Gasteiger partial charge in [0, 0.05) is 40.5 Å². The third-order valence-corrected chi connectivity index (χ3v) is 2.75. The number of carbonyl (C=O) groups excluding carboxylic acids is 1. The van der Waals surface area contributed by atoms with Crippen molar-refractivity contribution in [3.63, 3.8) is 0 Å². The number of carbonyl (C=O) groups is 1. The summed E-state index contributed by atoms with van der Waals surface area (Å²) in [6.45, 7) is 4.00. The number of nitrogens with one attached hydrogen (secondary N) is 1. The Bertz CT molecular complexity index is 376. The Labute approximate surface area is 108 Å². The molecule has 1 unspecified atom stereocenters. The number of nitrogens with zero attached hydrogens (tertiary/aromatic N) is 3. The van der Waals surface area contributed by atoms with E-state index in [1.807, 2.05) is 11.5 Å². The first-order valence-electron chi connectivity index (χ1n) is 5.99. The second-order valence-corrected chi connectivity index (χ2v) is 4.37. The van der Waals surface area contributed by atoms with E-state index < -0.39 is 0 Å². The van der Waals surface area contributed by atoms with Gasteiger partial charge in [-0.05, 0) is 6.92 Å². The zero-order valence-electron chi connectivity index (χ0n) is 11.5. The molecule has 0 spiro atoms. The quantitative estimate of drug-likeness (QED) is 0.710. The third kappa shape index (κ3) is 3.82. The lowest BCUT2D eigenvalue weighted by Gasteiger charge is -2.20. The minimum Gasteiger partial charge on any atom is -0.383 e. The van der Waals surface area contributed by atoms with Crippen LogP contribution in [0.1, 0.15) is 18.7 Å². The van der Waals surface area contributed by atoms with Gasteiger partial charge in [-0.15, -0.1) is 0 Å². The first kappa shape index (κ1) is 14.7. The van der Waals surface area contributed by atoms with Crippen molar-refractivity contribution in [1.29, 1.82) is 0 Å². The summed E-state index contributed by atoms with van der Waals surface area (Å²) in [5, 5.41) is 3.24. The number of rotatable bonds is 7. The van der Waals surface area contributed by atoms with Gasteiger partial charge >= 0.3 is 0 Å². The number of imidazole rings is 1. The lowest BCUT2D eigenvalue weighted by molar-refractivity contribution is -0.131. The molecule has 0 aliphatic heterocycles. The molecule has 1 aromatic rings. The molecule has 102 valence electrons. The summed E-state index contributed by atoms with van der Waals surface area (Å²) in [4.78, 5) is 17.6. The smallest absolute Gasteiger partial charge is 0.244 e. The van der Waals surface area contributed by atoms with Gasteiger partial charge in [-0.3, -0.25) is 4.79 Å². The number of likely N-dealkylation sites (N-methyl/N-ethyl adjacent to an activating group) is 1. The Hall–Kier alpha value is -1.40. The van der Waals surface area contributed by atoms with Crippen LogP contribution in [0.15, 0.2) is 12.5 Å². The molecule has 18 heavy (non-hydrogen) atoms. The lowest BCUT2D eigenvalue weighted by Crippen LogP contribution is -2.31. The lowest BCUT2D eigenvalue weighted by atomic mass is 10.3. The molecule has 1 amide bonds. The topological polar surface area (TPSA) is 59.4 Å². The Morgan fingerprint density at radius 3 is 2.94 bits per heavy atom. The van der Waals surface area contributed by atoms with Crippen LogP contribution in [-0.2, 0) is 16.1 Å². The van der Waals surface area contributed by atoms with Crippen molar-refractivity contribution >= 4 is 5.91 Å².